The van der Waals surface area contributed by atoms with E-state index in [0.717, 1.165) is 6.54 Å². The molecule has 3 N–H and O–H groups in total. The Morgan fingerprint density at radius 2 is 2.20 bits per heavy atom. The Kier molecular flexibility index (Phi) is 4.37. The highest BCUT2D eigenvalue weighted by atomic mass is 16.1. The molecule has 0 aliphatic carbocycles. The van der Waals surface area contributed by atoms with Gasteiger partial charge in [-0.15, -0.1) is 0 Å². The van der Waals surface area contributed by atoms with Crippen LogP contribution in [0.2, 0.25) is 0 Å². The first-order valence-electron chi connectivity index (χ1n) is 3.44. The molecule has 0 rings (SSSR count). The van der Waals surface area contributed by atoms with E-state index in [0.29, 0.717) is 12.0 Å². The average molecular weight is 142 g/mol. The standard InChI is InChI=1S/C7H14N2O/c1-3-6(7(8)10)5-9-4-2/h5,9H,3-4H2,1-2H3,(H2,8,10)/b6-5+. The third-order valence-corrected chi connectivity index (χ3v) is 1.18. The molecule has 0 aromatic heterocycles. The molecule has 0 atom stereocenters. The van der Waals surface area contributed by atoms with E-state index in [2.05, 4.69) is 5.32 Å². The Balaban J connectivity index is 3.91. The molecule has 0 spiro atoms. The number of hydrogen-bond donors (Lipinski definition) is 2. The summed E-state index contributed by atoms with van der Waals surface area (Å²) in [6.45, 7) is 4.68. The number of carbonyl (C=O) groups excluding carboxylic acids is 1. The summed E-state index contributed by atoms with van der Waals surface area (Å²) in [7, 11) is 0. The van der Waals surface area contributed by atoms with Crippen LogP contribution in [0.4, 0.5) is 0 Å². The van der Waals surface area contributed by atoms with Gasteiger partial charge in [0.2, 0.25) is 5.91 Å². The number of nitrogens with two attached hydrogens (primary N) is 1. The molecular weight excluding hydrogens is 128 g/mol. The molecule has 0 radical (unpaired) electrons. The van der Waals surface area contributed by atoms with Crippen molar-refractivity contribution in [3.63, 3.8) is 0 Å². The van der Waals surface area contributed by atoms with E-state index in [1.807, 2.05) is 13.8 Å². The predicted octanol–water partition coefficient (Wildman–Crippen LogP) is 0.375. The molecule has 0 saturated heterocycles. The van der Waals surface area contributed by atoms with E-state index in [1.165, 1.54) is 0 Å². The Morgan fingerprint density at radius 1 is 1.60 bits per heavy atom. The second kappa shape index (κ2) is 4.85. The SMILES string of the molecule is CCN/C=C(\CC)C(N)=O. The van der Waals surface area contributed by atoms with Gasteiger partial charge in [-0.3, -0.25) is 4.79 Å². The van der Waals surface area contributed by atoms with E-state index in [1.54, 1.807) is 6.20 Å². The fraction of sp³-hybridized carbons (Fsp3) is 0.571. The van der Waals surface area contributed by atoms with Crippen molar-refractivity contribution in [2.24, 2.45) is 5.73 Å². The molecule has 0 aromatic rings. The van der Waals surface area contributed by atoms with Crippen LogP contribution in [0.25, 0.3) is 0 Å². The van der Waals surface area contributed by atoms with Crippen LogP contribution in [0.3, 0.4) is 0 Å². The van der Waals surface area contributed by atoms with E-state index < -0.39 is 0 Å². The van der Waals surface area contributed by atoms with Crippen molar-refractivity contribution in [2.45, 2.75) is 20.3 Å². The van der Waals surface area contributed by atoms with Gasteiger partial charge in [-0.25, -0.2) is 0 Å². The summed E-state index contributed by atoms with van der Waals surface area (Å²) >= 11 is 0. The molecule has 0 fully saturated rings. The molecule has 0 aromatic carbocycles. The molecule has 3 heteroatoms. The van der Waals surface area contributed by atoms with Gasteiger partial charge in [-0.2, -0.15) is 0 Å². The second-order valence-corrected chi connectivity index (χ2v) is 1.95. The zero-order valence-electron chi connectivity index (χ0n) is 6.48. The van der Waals surface area contributed by atoms with Gasteiger partial charge in [0.1, 0.15) is 0 Å². The van der Waals surface area contributed by atoms with Gasteiger partial charge in [0.15, 0.2) is 0 Å². The maximum absolute atomic E-state index is 10.6. The number of carbonyl (C=O) groups is 1. The topological polar surface area (TPSA) is 55.1 Å². The molecule has 58 valence electrons. The minimum atomic E-state index is -0.344. The molecule has 10 heavy (non-hydrogen) atoms. The molecule has 3 nitrogen and oxygen atoms in total. The molecule has 0 aliphatic rings. The maximum Gasteiger partial charge on any atom is 0.246 e. The molecular formula is C7H14N2O. The van der Waals surface area contributed by atoms with E-state index >= 15 is 0 Å². The fourth-order valence-electron chi connectivity index (χ4n) is 0.573. The quantitative estimate of drug-likeness (QED) is 0.557. The Hall–Kier alpha value is -0.990. The minimum Gasteiger partial charge on any atom is -0.391 e. The summed E-state index contributed by atoms with van der Waals surface area (Å²) in [4.78, 5) is 10.6. The summed E-state index contributed by atoms with van der Waals surface area (Å²) in [5.41, 5.74) is 5.68. The van der Waals surface area contributed by atoms with Gasteiger partial charge in [-0.05, 0) is 13.3 Å². The van der Waals surface area contributed by atoms with Gasteiger partial charge in [0, 0.05) is 18.3 Å². The van der Waals surface area contributed by atoms with Crippen LogP contribution in [-0.4, -0.2) is 12.5 Å². The van der Waals surface area contributed by atoms with Crippen molar-refractivity contribution in [1.82, 2.24) is 5.32 Å². The molecule has 0 aliphatic heterocycles. The summed E-state index contributed by atoms with van der Waals surface area (Å²) in [5.74, 6) is -0.344. The van der Waals surface area contributed by atoms with Crippen molar-refractivity contribution in [2.75, 3.05) is 6.54 Å². The van der Waals surface area contributed by atoms with Crippen molar-refractivity contribution in [1.29, 1.82) is 0 Å². The van der Waals surface area contributed by atoms with Crippen molar-refractivity contribution in [3.8, 4) is 0 Å². The highest BCUT2D eigenvalue weighted by Crippen LogP contribution is 1.95. The Bertz CT molecular complexity index is 141. The Labute approximate surface area is 61.3 Å². The second-order valence-electron chi connectivity index (χ2n) is 1.95. The van der Waals surface area contributed by atoms with Crippen LogP contribution in [0, 0.1) is 0 Å². The van der Waals surface area contributed by atoms with Crippen LogP contribution < -0.4 is 11.1 Å². The first-order valence-corrected chi connectivity index (χ1v) is 3.44. The third-order valence-electron chi connectivity index (χ3n) is 1.18. The summed E-state index contributed by atoms with van der Waals surface area (Å²) < 4.78 is 0. The largest absolute Gasteiger partial charge is 0.391 e. The summed E-state index contributed by atoms with van der Waals surface area (Å²) in [6, 6.07) is 0. The number of hydrogen-bond acceptors (Lipinski definition) is 2. The van der Waals surface area contributed by atoms with Crippen LogP contribution in [0.5, 0.6) is 0 Å². The fourth-order valence-corrected chi connectivity index (χ4v) is 0.573. The van der Waals surface area contributed by atoms with Gasteiger partial charge in [-0.1, -0.05) is 6.92 Å². The van der Waals surface area contributed by atoms with Gasteiger partial charge < -0.3 is 11.1 Å². The molecule has 0 bridgehead atoms. The summed E-state index contributed by atoms with van der Waals surface area (Å²) in [6.07, 6.45) is 2.35. The van der Waals surface area contributed by atoms with E-state index in [9.17, 15) is 4.79 Å². The zero-order valence-corrected chi connectivity index (χ0v) is 6.48. The smallest absolute Gasteiger partial charge is 0.246 e. The lowest BCUT2D eigenvalue weighted by Crippen LogP contribution is -2.16. The molecule has 0 heterocycles. The minimum absolute atomic E-state index is 0.344. The van der Waals surface area contributed by atoms with Crippen LogP contribution >= 0.6 is 0 Å². The first kappa shape index (κ1) is 9.01. The highest BCUT2D eigenvalue weighted by molar-refractivity contribution is 5.91. The van der Waals surface area contributed by atoms with Gasteiger partial charge >= 0.3 is 0 Å². The molecule has 0 unspecified atom stereocenters. The highest BCUT2D eigenvalue weighted by Gasteiger charge is 1.98. The number of primary amides is 1. The van der Waals surface area contributed by atoms with Crippen molar-refractivity contribution >= 4 is 5.91 Å². The van der Waals surface area contributed by atoms with Crippen molar-refractivity contribution < 1.29 is 4.79 Å². The lowest BCUT2D eigenvalue weighted by atomic mass is 10.2. The van der Waals surface area contributed by atoms with Crippen LogP contribution in [-0.2, 0) is 4.79 Å². The van der Waals surface area contributed by atoms with E-state index in [-0.39, 0.29) is 5.91 Å². The Morgan fingerprint density at radius 3 is 2.50 bits per heavy atom. The van der Waals surface area contributed by atoms with Crippen molar-refractivity contribution in [3.05, 3.63) is 11.8 Å². The van der Waals surface area contributed by atoms with Crippen LogP contribution in [0.1, 0.15) is 20.3 Å². The first-order chi connectivity index (χ1) is 4.72. The normalized spacial score (nSPS) is 11.2. The zero-order chi connectivity index (χ0) is 7.98. The van der Waals surface area contributed by atoms with Gasteiger partial charge in [0.25, 0.3) is 0 Å². The number of amides is 1. The maximum atomic E-state index is 10.6. The third kappa shape index (κ3) is 3.12. The predicted molar refractivity (Wildman–Crippen MR) is 41.2 cm³/mol. The lowest BCUT2D eigenvalue weighted by Gasteiger charge is -1.98. The van der Waals surface area contributed by atoms with Gasteiger partial charge in [0.05, 0.1) is 0 Å². The number of nitrogens with one attached hydrogen (secondary N) is 1. The monoisotopic (exact) mass is 142 g/mol. The average Bonchev–Trinajstić information content (AvgIpc) is 1.89. The lowest BCUT2D eigenvalue weighted by molar-refractivity contribution is -0.114. The molecule has 0 saturated carbocycles. The molecule has 1 amide bonds. The summed E-state index contributed by atoms with van der Waals surface area (Å²) in [5, 5.41) is 2.92. The van der Waals surface area contributed by atoms with Crippen LogP contribution in [0.15, 0.2) is 11.8 Å². The van der Waals surface area contributed by atoms with E-state index in [4.69, 9.17) is 5.73 Å². The number of rotatable bonds is 4.